The number of amides is 1. The maximum absolute atomic E-state index is 13.4. The highest BCUT2D eigenvalue weighted by Gasteiger charge is 2.19. The van der Waals surface area contributed by atoms with Crippen molar-refractivity contribution in [2.24, 2.45) is 0 Å². The number of halogens is 1. The molecule has 1 saturated heterocycles. The molecule has 1 aliphatic heterocycles. The smallest absolute Gasteiger partial charge is 0.266 e. The number of hydrogen-bond acceptors (Lipinski definition) is 6. The molecule has 1 atom stereocenters. The van der Waals surface area contributed by atoms with Crippen molar-refractivity contribution in [1.29, 1.82) is 0 Å². The lowest BCUT2D eigenvalue weighted by atomic mass is 10.2. The number of carbonyl (C=O) groups is 1. The van der Waals surface area contributed by atoms with E-state index in [2.05, 4.69) is 10.3 Å². The summed E-state index contributed by atoms with van der Waals surface area (Å²) in [6.45, 7) is 1.23. The van der Waals surface area contributed by atoms with Gasteiger partial charge in [-0.15, -0.1) is 0 Å². The number of carbonyl (C=O) groups excluding carboxylic acids is 1. The molecule has 1 unspecified atom stereocenters. The summed E-state index contributed by atoms with van der Waals surface area (Å²) < 4.78 is 12.5. The maximum Gasteiger partial charge on any atom is 0.266 e. The third-order valence-corrected chi connectivity index (χ3v) is 6.18. The van der Waals surface area contributed by atoms with Crippen molar-refractivity contribution in [3.8, 4) is 11.4 Å². The standard InChI is InChI=1S/C22H22ClN3O4S/c1-29-19-7-3-2-6-18(19)26-21(28)16-9-8-14(23)11-17(16)25-22(26)31-13-20(27)24-12-15-5-4-10-30-15/h2-3,6-9,11,15H,4-5,10,12-13H2,1H3,(H,24,27). The first-order chi connectivity index (χ1) is 15.1. The van der Waals surface area contributed by atoms with E-state index in [0.29, 0.717) is 39.1 Å². The minimum Gasteiger partial charge on any atom is -0.495 e. The van der Waals surface area contributed by atoms with E-state index in [1.165, 1.54) is 16.3 Å². The maximum atomic E-state index is 13.4. The average Bonchev–Trinajstić information content (AvgIpc) is 3.30. The number of hydrogen-bond donors (Lipinski definition) is 1. The Hall–Kier alpha value is -2.55. The molecule has 0 aliphatic carbocycles. The number of benzene rings is 2. The quantitative estimate of drug-likeness (QED) is 0.430. The van der Waals surface area contributed by atoms with Crippen molar-refractivity contribution in [1.82, 2.24) is 14.9 Å². The number of fused-ring (bicyclic) bond motifs is 1. The summed E-state index contributed by atoms with van der Waals surface area (Å²) in [4.78, 5) is 30.4. The predicted molar refractivity (Wildman–Crippen MR) is 122 cm³/mol. The van der Waals surface area contributed by atoms with Crippen LogP contribution in [0.1, 0.15) is 12.8 Å². The first-order valence-corrected chi connectivity index (χ1v) is 11.3. The Balaban J connectivity index is 1.67. The number of ether oxygens (including phenoxy) is 2. The van der Waals surface area contributed by atoms with Crippen LogP contribution in [0.4, 0.5) is 0 Å². The number of nitrogens with zero attached hydrogens (tertiary/aromatic N) is 2. The van der Waals surface area contributed by atoms with Crippen LogP contribution in [0.2, 0.25) is 5.02 Å². The lowest BCUT2D eigenvalue weighted by molar-refractivity contribution is -0.119. The SMILES string of the molecule is COc1ccccc1-n1c(SCC(=O)NCC2CCCO2)nc2cc(Cl)ccc2c1=O. The predicted octanol–water partition coefficient (Wildman–Crippen LogP) is 3.44. The molecule has 0 bridgehead atoms. The van der Waals surface area contributed by atoms with E-state index in [9.17, 15) is 9.59 Å². The van der Waals surface area contributed by atoms with Gasteiger partial charge in [0, 0.05) is 18.2 Å². The van der Waals surface area contributed by atoms with E-state index >= 15 is 0 Å². The second-order valence-electron chi connectivity index (χ2n) is 7.10. The highest BCUT2D eigenvalue weighted by atomic mass is 35.5. The molecular weight excluding hydrogens is 438 g/mol. The molecule has 9 heteroatoms. The van der Waals surface area contributed by atoms with Crippen LogP contribution in [-0.4, -0.2) is 47.6 Å². The monoisotopic (exact) mass is 459 g/mol. The lowest BCUT2D eigenvalue weighted by Gasteiger charge is -2.16. The van der Waals surface area contributed by atoms with Gasteiger partial charge in [-0.05, 0) is 43.2 Å². The first-order valence-electron chi connectivity index (χ1n) is 9.93. The van der Waals surface area contributed by atoms with Crippen LogP contribution in [0.5, 0.6) is 5.75 Å². The van der Waals surface area contributed by atoms with Crippen molar-refractivity contribution in [3.05, 3.63) is 57.8 Å². The second-order valence-corrected chi connectivity index (χ2v) is 8.47. The Labute approximate surface area is 188 Å². The van der Waals surface area contributed by atoms with Crippen molar-refractivity contribution in [2.75, 3.05) is 26.0 Å². The van der Waals surface area contributed by atoms with Gasteiger partial charge in [0.15, 0.2) is 5.16 Å². The molecule has 1 aliphatic rings. The number of nitrogens with one attached hydrogen (secondary N) is 1. The van der Waals surface area contributed by atoms with Crippen LogP contribution >= 0.6 is 23.4 Å². The summed E-state index contributed by atoms with van der Waals surface area (Å²) in [6.07, 6.45) is 2.04. The zero-order chi connectivity index (χ0) is 21.8. The normalized spacial score (nSPS) is 15.9. The molecule has 1 amide bonds. The molecule has 0 spiro atoms. The van der Waals surface area contributed by atoms with E-state index in [1.54, 1.807) is 37.4 Å². The van der Waals surface area contributed by atoms with Gasteiger partial charge >= 0.3 is 0 Å². The van der Waals surface area contributed by atoms with Crippen molar-refractivity contribution < 1.29 is 14.3 Å². The minimum atomic E-state index is -0.256. The van der Waals surface area contributed by atoms with Crippen LogP contribution in [0.15, 0.2) is 52.4 Å². The molecule has 2 heterocycles. The average molecular weight is 460 g/mol. The van der Waals surface area contributed by atoms with E-state index in [-0.39, 0.29) is 23.3 Å². The van der Waals surface area contributed by atoms with Crippen LogP contribution in [-0.2, 0) is 9.53 Å². The molecular formula is C22H22ClN3O4S. The number of para-hydroxylation sites is 2. The van der Waals surface area contributed by atoms with Crippen molar-refractivity contribution >= 4 is 40.2 Å². The molecule has 1 N–H and O–H groups in total. The van der Waals surface area contributed by atoms with Crippen LogP contribution in [0, 0.1) is 0 Å². The highest BCUT2D eigenvalue weighted by Crippen LogP contribution is 2.27. The van der Waals surface area contributed by atoms with Gasteiger partial charge in [0.25, 0.3) is 5.56 Å². The van der Waals surface area contributed by atoms with Crippen LogP contribution in [0.25, 0.3) is 16.6 Å². The van der Waals surface area contributed by atoms with E-state index in [0.717, 1.165) is 19.4 Å². The van der Waals surface area contributed by atoms with E-state index in [4.69, 9.17) is 21.1 Å². The number of aromatic nitrogens is 2. The van der Waals surface area contributed by atoms with Gasteiger partial charge in [0.2, 0.25) is 5.91 Å². The number of thioether (sulfide) groups is 1. The molecule has 1 fully saturated rings. The lowest BCUT2D eigenvalue weighted by Crippen LogP contribution is -2.33. The summed E-state index contributed by atoms with van der Waals surface area (Å²) in [6, 6.07) is 12.2. The van der Waals surface area contributed by atoms with Gasteiger partial charge in [0.1, 0.15) is 5.75 Å². The minimum absolute atomic E-state index is 0.0710. The Bertz CT molecular complexity index is 1160. The van der Waals surface area contributed by atoms with Gasteiger partial charge < -0.3 is 14.8 Å². The molecule has 3 aromatic rings. The molecule has 7 nitrogen and oxygen atoms in total. The Morgan fingerprint density at radius 1 is 1.35 bits per heavy atom. The molecule has 4 rings (SSSR count). The summed E-state index contributed by atoms with van der Waals surface area (Å²) >= 11 is 7.29. The molecule has 2 aromatic carbocycles. The molecule has 0 radical (unpaired) electrons. The van der Waals surface area contributed by atoms with Gasteiger partial charge in [-0.3, -0.25) is 14.2 Å². The third kappa shape index (κ3) is 4.87. The second kappa shape index (κ2) is 9.72. The van der Waals surface area contributed by atoms with Gasteiger partial charge in [0.05, 0.1) is 35.6 Å². The summed E-state index contributed by atoms with van der Waals surface area (Å²) in [5.41, 5.74) is 0.779. The summed E-state index contributed by atoms with van der Waals surface area (Å²) in [5.74, 6) is 0.498. The number of rotatable bonds is 7. The molecule has 162 valence electrons. The van der Waals surface area contributed by atoms with E-state index in [1.807, 2.05) is 12.1 Å². The van der Waals surface area contributed by atoms with Gasteiger partial charge in [-0.2, -0.15) is 0 Å². The van der Waals surface area contributed by atoms with Crippen molar-refractivity contribution in [2.45, 2.75) is 24.1 Å². The zero-order valence-electron chi connectivity index (χ0n) is 17.0. The molecule has 31 heavy (non-hydrogen) atoms. The fraction of sp³-hybridized carbons (Fsp3) is 0.318. The zero-order valence-corrected chi connectivity index (χ0v) is 18.5. The Kier molecular flexibility index (Phi) is 6.80. The van der Waals surface area contributed by atoms with Crippen LogP contribution < -0.4 is 15.6 Å². The Morgan fingerprint density at radius 3 is 2.97 bits per heavy atom. The van der Waals surface area contributed by atoms with E-state index < -0.39 is 0 Å². The van der Waals surface area contributed by atoms with Crippen LogP contribution in [0.3, 0.4) is 0 Å². The number of methoxy groups -OCH3 is 1. The fourth-order valence-electron chi connectivity index (χ4n) is 3.48. The largest absolute Gasteiger partial charge is 0.495 e. The fourth-order valence-corrected chi connectivity index (χ4v) is 4.48. The highest BCUT2D eigenvalue weighted by molar-refractivity contribution is 7.99. The van der Waals surface area contributed by atoms with Crippen molar-refractivity contribution in [3.63, 3.8) is 0 Å². The topological polar surface area (TPSA) is 82.4 Å². The molecule has 0 saturated carbocycles. The summed E-state index contributed by atoms with van der Waals surface area (Å²) in [5, 5.41) is 4.20. The molecule has 1 aromatic heterocycles. The van der Waals surface area contributed by atoms with Gasteiger partial charge in [-0.1, -0.05) is 35.5 Å². The Morgan fingerprint density at radius 2 is 2.19 bits per heavy atom. The summed E-state index contributed by atoms with van der Waals surface area (Å²) in [7, 11) is 1.55. The van der Waals surface area contributed by atoms with Gasteiger partial charge in [-0.25, -0.2) is 4.98 Å². The third-order valence-electron chi connectivity index (χ3n) is 5.01. The first kappa shape index (κ1) is 21.7.